The summed E-state index contributed by atoms with van der Waals surface area (Å²) < 4.78 is 0.996. The Labute approximate surface area is 125 Å². The van der Waals surface area contributed by atoms with Crippen molar-refractivity contribution in [3.8, 4) is 0 Å². The Bertz CT molecular complexity index is 632. The number of hydrogen-bond acceptors (Lipinski definition) is 2. The summed E-state index contributed by atoms with van der Waals surface area (Å²) in [6.45, 7) is 3.38. The number of Topliss-reactive ketones (excluding diaryl/α,β-unsaturated/α-hetero) is 1. The SMILES string of the molecule is CC(=O)c1c[nH]c(C(=O)N[C@@H](C)c2ccc(Br)cc2)c1. The second kappa shape index (κ2) is 6.05. The van der Waals surface area contributed by atoms with Gasteiger partial charge in [0.1, 0.15) is 5.69 Å². The van der Waals surface area contributed by atoms with E-state index in [0.717, 1.165) is 10.0 Å². The van der Waals surface area contributed by atoms with E-state index >= 15 is 0 Å². The van der Waals surface area contributed by atoms with Crippen LogP contribution in [0.1, 0.15) is 46.3 Å². The molecule has 2 rings (SSSR count). The molecule has 1 aromatic heterocycles. The van der Waals surface area contributed by atoms with Gasteiger partial charge >= 0.3 is 0 Å². The number of ketones is 1. The van der Waals surface area contributed by atoms with Gasteiger partial charge in [0.15, 0.2) is 5.78 Å². The molecule has 1 aromatic carbocycles. The van der Waals surface area contributed by atoms with Crippen LogP contribution in [-0.4, -0.2) is 16.7 Å². The molecule has 0 spiro atoms. The van der Waals surface area contributed by atoms with E-state index in [9.17, 15) is 9.59 Å². The third-order valence-corrected chi connectivity index (χ3v) is 3.58. The number of rotatable bonds is 4. The van der Waals surface area contributed by atoms with Crippen LogP contribution in [0.5, 0.6) is 0 Å². The highest BCUT2D eigenvalue weighted by Gasteiger charge is 2.14. The Morgan fingerprint density at radius 1 is 1.25 bits per heavy atom. The van der Waals surface area contributed by atoms with Gasteiger partial charge in [-0.2, -0.15) is 0 Å². The fourth-order valence-corrected chi connectivity index (χ4v) is 2.10. The van der Waals surface area contributed by atoms with Gasteiger partial charge in [0.2, 0.25) is 0 Å². The topological polar surface area (TPSA) is 62.0 Å². The summed E-state index contributed by atoms with van der Waals surface area (Å²) in [5, 5.41) is 2.89. The van der Waals surface area contributed by atoms with Gasteiger partial charge in [0.05, 0.1) is 6.04 Å². The van der Waals surface area contributed by atoms with E-state index in [-0.39, 0.29) is 17.7 Å². The van der Waals surface area contributed by atoms with Crippen LogP contribution in [0.25, 0.3) is 0 Å². The maximum absolute atomic E-state index is 12.1. The van der Waals surface area contributed by atoms with Crippen molar-refractivity contribution in [1.82, 2.24) is 10.3 Å². The van der Waals surface area contributed by atoms with Crippen molar-refractivity contribution in [1.29, 1.82) is 0 Å². The van der Waals surface area contributed by atoms with Crippen molar-refractivity contribution < 1.29 is 9.59 Å². The van der Waals surface area contributed by atoms with Crippen LogP contribution in [0.15, 0.2) is 41.0 Å². The van der Waals surface area contributed by atoms with Crippen molar-refractivity contribution in [2.24, 2.45) is 0 Å². The minimum Gasteiger partial charge on any atom is -0.356 e. The molecule has 20 heavy (non-hydrogen) atoms. The van der Waals surface area contributed by atoms with Gasteiger partial charge in [-0.25, -0.2) is 0 Å². The van der Waals surface area contributed by atoms with Crippen LogP contribution in [0, 0.1) is 0 Å². The Hall–Kier alpha value is -1.88. The summed E-state index contributed by atoms with van der Waals surface area (Å²) in [5.74, 6) is -0.297. The number of aromatic amines is 1. The van der Waals surface area contributed by atoms with E-state index in [1.54, 1.807) is 12.3 Å². The van der Waals surface area contributed by atoms with E-state index in [1.165, 1.54) is 6.92 Å². The maximum atomic E-state index is 12.1. The van der Waals surface area contributed by atoms with E-state index in [4.69, 9.17) is 0 Å². The molecule has 0 fully saturated rings. The first-order valence-corrected chi connectivity index (χ1v) is 7.02. The number of amides is 1. The number of carbonyl (C=O) groups is 2. The molecule has 1 amide bonds. The molecule has 2 N–H and O–H groups in total. The van der Waals surface area contributed by atoms with E-state index in [1.807, 2.05) is 31.2 Å². The molecule has 2 aromatic rings. The molecule has 0 aliphatic heterocycles. The number of halogens is 1. The molecule has 0 aliphatic carbocycles. The molecule has 1 atom stereocenters. The first-order chi connectivity index (χ1) is 9.47. The minimum atomic E-state index is -0.229. The van der Waals surface area contributed by atoms with Gasteiger partial charge in [-0.3, -0.25) is 9.59 Å². The molecule has 1 heterocycles. The lowest BCUT2D eigenvalue weighted by Crippen LogP contribution is -2.26. The molecule has 104 valence electrons. The standard InChI is InChI=1S/C15H15BrN2O2/c1-9(11-3-5-13(16)6-4-11)18-15(20)14-7-12(8-17-14)10(2)19/h3-9,17H,1-2H3,(H,18,20)/t9-/m0/s1. The van der Waals surface area contributed by atoms with Crippen molar-refractivity contribution in [3.05, 3.63) is 57.8 Å². The van der Waals surface area contributed by atoms with Crippen LogP contribution >= 0.6 is 15.9 Å². The van der Waals surface area contributed by atoms with Gasteiger partial charge in [0, 0.05) is 16.2 Å². The van der Waals surface area contributed by atoms with Crippen LogP contribution in [0.3, 0.4) is 0 Å². The predicted octanol–water partition coefficient (Wildman–Crippen LogP) is 3.47. The predicted molar refractivity (Wildman–Crippen MR) is 80.8 cm³/mol. The summed E-state index contributed by atoms with van der Waals surface area (Å²) in [7, 11) is 0. The van der Waals surface area contributed by atoms with Crippen LogP contribution in [-0.2, 0) is 0 Å². The smallest absolute Gasteiger partial charge is 0.268 e. The first-order valence-electron chi connectivity index (χ1n) is 6.23. The molecule has 0 unspecified atom stereocenters. The van der Waals surface area contributed by atoms with Crippen molar-refractivity contribution in [3.63, 3.8) is 0 Å². The fraction of sp³-hybridized carbons (Fsp3) is 0.200. The zero-order valence-corrected chi connectivity index (χ0v) is 12.8. The van der Waals surface area contributed by atoms with Crippen LogP contribution < -0.4 is 5.32 Å². The average Bonchev–Trinajstić information content (AvgIpc) is 2.89. The minimum absolute atomic E-state index is 0.0683. The van der Waals surface area contributed by atoms with Gasteiger partial charge in [-0.15, -0.1) is 0 Å². The number of aromatic nitrogens is 1. The molecular weight excluding hydrogens is 320 g/mol. The Balaban J connectivity index is 2.06. The van der Waals surface area contributed by atoms with Gasteiger partial charge in [-0.05, 0) is 37.6 Å². The zero-order chi connectivity index (χ0) is 14.7. The molecule has 0 saturated carbocycles. The molecule has 0 aliphatic rings. The second-order valence-corrected chi connectivity index (χ2v) is 5.52. The monoisotopic (exact) mass is 334 g/mol. The molecule has 0 radical (unpaired) electrons. The molecule has 5 heteroatoms. The highest BCUT2D eigenvalue weighted by Crippen LogP contribution is 2.17. The Kier molecular flexibility index (Phi) is 4.39. The summed E-state index contributed by atoms with van der Waals surface area (Å²) in [4.78, 5) is 26.1. The first kappa shape index (κ1) is 14.5. The largest absolute Gasteiger partial charge is 0.356 e. The number of carbonyl (C=O) groups excluding carboxylic acids is 2. The summed E-state index contributed by atoms with van der Waals surface area (Å²) in [6, 6.07) is 9.21. The summed E-state index contributed by atoms with van der Waals surface area (Å²) in [5.41, 5.74) is 1.91. The zero-order valence-electron chi connectivity index (χ0n) is 11.2. The highest BCUT2D eigenvalue weighted by molar-refractivity contribution is 9.10. The lowest BCUT2D eigenvalue weighted by atomic mass is 10.1. The molecular formula is C15H15BrN2O2. The van der Waals surface area contributed by atoms with Crippen molar-refractivity contribution >= 4 is 27.6 Å². The van der Waals surface area contributed by atoms with Crippen LogP contribution in [0.4, 0.5) is 0 Å². The normalized spacial score (nSPS) is 11.9. The summed E-state index contributed by atoms with van der Waals surface area (Å²) >= 11 is 3.37. The van der Waals surface area contributed by atoms with Crippen molar-refractivity contribution in [2.45, 2.75) is 19.9 Å². The third-order valence-electron chi connectivity index (χ3n) is 3.05. The van der Waals surface area contributed by atoms with E-state index in [0.29, 0.717) is 11.3 Å². The van der Waals surface area contributed by atoms with Gasteiger partial charge < -0.3 is 10.3 Å². The molecule has 0 saturated heterocycles. The van der Waals surface area contributed by atoms with E-state index in [2.05, 4.69) is 26.2 Å². The van der Waals surface area contributed by atoms with Crippen molar-refractivity contribution in [2.75, 3.05) is 0 Å². The quantitative estimate of drug-likeness (QED) is 0.841. The lowest BCUT2D eigenvalue weighted by Gasteiger charge is -2.13. The fourth-order valence-electron chi connectivity index (χ4n) is 1.84. The lowest BCUT2D eigenvalue weighted by molar-refractivity contribution is 0.0935. The third kappa shape index (κ3) is 3.36. The average molecular weight is 335 g/mol. The molecule has 4 nitrogen and oxygen atoms in total. The maximum Gasteiger partial charge on any atom is 0.268 e. The number of nitrogens with one attached hydrogen (secondary N) is 2. The second-order valence-electron chi connectivity index (χ2n) is 4.60. The van der Waals surface area contributed by atoms with Gasteiger partial charge in [0.25, 0.3) is 5.91 Å². The molecule has 0 bridgehead atoms. The summed E-state index contributed by atoms with van der Waals surface area (Å²) in [6.07, 6.45) is 1.54. The number of hydrogen-bond donors (Lipinski definition) is 2. The Morgan fingerprint density at radius 2 is 1.90 bits per heavy atom. The Morgan fingerprint density at radius 3 is 2.45 bits per heavy atom. The number of benzene rings is 1. The van der Waals surface area contributed by atoms with Crippen LogP contribution in [0.2, 0.25) is 0 Å². The number of H-pyrrole nitrogens is 1. The van der Waals surface area contributed by atoms with E-state index < -0.39 is 0 Å². The van der Waals surface area contributed by atoms with Gasteiger partial charge in [-0.1, -0.05) is 28.1 Å². The highest BCUT2D eigenvalue weighted by atomic mass is 79.9.